The molecule has 0 spiro atoms. The summed E-state index contributed by atoms with van der Waals surface area (Å²) in [6.45, 7) is 0. The lowest BCUT2D eigenvalue weighted by Crippen LogP contribution is -1.57. The minimum absolute atomic E-state index is 0.0525. The van der Waals surface area contributed by atoms with Gasteiger partial charge in [-0.2, -0.15) is 4.39 Å². The molecular formula is CH4FNP2. The van der Waals surface area contributed by atoms with E-state index in [1.54, 1.807) is 0 Å². The summed E-state index contributed by atoms with van der Waals surface area (Å²) < 4.78 is 11.0. The Morgan fingerprint density at radius 2 is 2.20 bits per heavy atom. The molecule has 0 amide bonds. The van der Waals surface area contributed by atoms with Crippen molar-refractivity contribution in [3.63, 3.8) is 0 Å². The summed E-state index contributed by atoms with van der Waals surface area (Å²) >= 11 is 0. The Labute approximate surface area is 33.7 Å². The van der Waals surface area contributed by atoms with Crippen LogP contribution >= 0.6 is 17.2 Å². The highest BCUT2D eigenvalue weighted by atomic mass is 32.0. The number of hydrogen-bond acceptors (Lipinski definition) is 1. The van der Waals surface area contributed by atoms with Crippen molar-refractivity contribution in [2.24, 2.45) is 0 Å². The third-order valence-corrected chi connectivity index (χ3v) is 1.14. The van der Waals surface area contributed by atoms with Gasteiger partial charge in [0.1, 0.15) is 0 Å². The van der Waals surface area contributed by atoms with Gasteiger partial charge in [-0.15, -0.1) is 8.93 Å². The van der Waals surface area contributed by atoms with Crippen molar-refractivity contribution >= 4 is 22.9 Å². The van der Waals surface area contributed by atoms with Gasteiger partial charge in [0.2, 0.25) is 5.71 Å². The molecule has 5 heavy (non-hydrogen) atoms. The number of hydrogen-bond donors (Lipinski definition) is 1. The Kier molecular flexibility index (Phi) is 2.93. The van der Waals surface area contributed by atoms with Gasteiger partial charge in [0.05, 0.1) is 0 Å². The average Bonchev–Trinajstić information content (AvgIpc) is 1.38. The second kappa shape index (κ2) is 2.68. The fraction of sp³-hybridized carbons (Fsp3) is 0. The molecule has 1 nitrogen and oxygen atoms in total. The molecule has 2 unspecified atom stereocenters. The summed E-state index contributed by atoms with van der Waals surface area (Å²) in [6.07, 6.45) is 0. The largest absolute Gasteiger partial charge is 0.274 e. The van der Waals surface area contributed by atoms with Crippen LogP contribution in [0.1, 0.15) is 0 Å². The molecule has 0 bridgehead atoms. The maximum atomic E-state index is 11.0. The van der Waals surface area contributed by atoms with Crippen LogP contribution in [0.3, 0.4) is 0 Å². The molecule has 0 aliphatic rings. The fourth-order valence-corrected chi connectivity index (χ4v) is 0. The van der Waals surface area contributed by atoms with E-state index in [0.29, 0.717) is 0 Å². The molecule has 0 aromatic carbocycles. The van der Waals surface area contributed by atoms with E-state index < -0.39 is 5.71 Å². The van der Waals surface area contributed by atoms with Crippen molar-refractivity contribution < 1.29 is 4.39 Å². The lowest BCUT2D eigenvalue weighted by molar-refractivity contribution is 0.821. The molecule has 0 aromatic rings. The Morgan fingerprint density at radius 3 is 2.20 bits per heavy atom. The molecular weight excluding hydrogens is 107 g/mol. The summed E-state index contributed by atoms with van der Waals surface area (Å²) in [5.74, 6) is 0. The quantitative estimate of drug-likeness (QED) is 0.390. The van der Waals surface area contributed by atoms with Crippen LogP contribution in [-0.4, -0.2) is 5.71 Å². The van der Waals surface area contributed by atoms with Crippen molar-refractivity contribution in [1.29, 1.82) is 5.41 Å². The van der Waals surface area contributed by atoms with E-state index in [1.807, 2.05) is 0 Å². The zero-order chi connectivity index (χ0) is 4.28. The predicted octanol–water partition coefficient (Wildman–Crippen LogP) is 1.36. The van der Waals surface area contributed by atoms with E-state index in [0.717, 1.165) is 0 Å². The molecule has 0 rings (SSSR count). The van der Waals surface area contributed by atoms with Crippen LogP contribution in [0, 0.1) is 5.41 Å². The van der Waals surface area contributed by atoms with Gasteiger partial charge in [-0.25, -0.2) is 0 Å². The highest BCUT2D eigenvalue weighted by Crippen LogP contribution is 2.20. The second-order valence-corrected chi connectivity index (χ2v) is 2.05. The first-order valence-electron chi connectivity index (χ1n) is 0.978. The third-order valence-electron chi connectivity index (χ3n) is 0.127. The Bertz CT molecular complexity index is 44.9. The maximum absolute atomic E-state index is 11.0. The van der Waals surface area contributed by atoms with Gasteiger partial charge in [-0.3, -0.25) is 5.41 Å². The summed E-state index contributed by atoms with van der Waals surface area (Å²) in [5.41, 5.74) is -0.755. The van der Waals surface area contributed by atoms with E-state index in [2.05, 4.69) is 8.93 Å². The van der Waals surface area contributed by atoms with Crippen LogP contribution in [0.2, 0.25) is 0 Å². The minimum atomic E-state index is -0.755. The maximum Gasteiger partial charge on any atom is 0.204 e. The number of halogens is 1. The molecule has 0 saturated heterocycles. The smallest absolute Gasteiger partial charge is 0.204 e. The van der Waals surface area contributed by atoms with E-state index in [9.17, 15) is 4.39 Å². The first-order valence-corrected chi connectivity index (χ1v) is 3.79. The highest BCUT2D eigenvalue weighted by Gasteiger charge is 1.77. The van der Waals surface area contributed by atoms with Crippen molar-refractivity contribution in [1.82, 2.24) is 0 Å². The van der Waals surface area contributed by atoms with Gasteiger partial charge >= 0.3 is 0 Å². The van der Waals surface area contributed by atoms with E-state index in [4.69, 9.17) is 5.41 Å². The Hall–Kier alpha value is 0.460. The van der Waals surface area contributed by atoms with Gasteiger partial charge in [-0.05, 0) is 8.27 Å². The van der Waals surface area contributed by atoms with Crippen molar-refractivity contribution in [2.75, 3.05) is 0 Å². The molecule has 4 heteroatoms. The molecule has 0 fully saturated rings. The van der Waals surface area contributed by atoms with Gasteiger partial charge in [0.15, 0.2) is 0 Å². The first-order chi connectivity index (χ1) is 2.27. The zero-order valence-corrected chi connectivity index (χ0v) is 4.61. The summed E-state index contributed by atoms with van der Waals surface area (Å²) in [6, 6.07) is 0. The molecule has 0 heterocycles. The van der Waals surface area contributed by atoms with Crippen LogP contribution in [0.4, 0.5) is 4.39 Å². The summed E-state index contributed by atoms with van der Waals surface area (Å²) in [7, 11) is 2.07. The molecule has 1 N–H and O–H groups in total. The highest BCUT2D eigenvalue weighted by molar-refractivity contribution is 8.11. The van der Waals surface area contributed by atoms with E-state index in [-0.39, 0.29) is 8.27 Å². The Morgan fingerprint density at radius 1 is 2.00 bits per heavy atom. The van der Waals surface area contributed by atoms with E-state index in [1.165, 1.54) is 0 Å². The van der Waals surface area contributed by atoms with Gasteiger partial charge < -0.3 is 0 Å². The second-order valence-electron chi connectivity index (χ2n) is 0.458. The van der Waals surface area contributed by atoms with Crippen LogP contribution in [-0.2, 0) is 0 Å². The Balaban J connectivity index is 2.85. The zero-order valence-electron chi connectivity index (χ0n) is 2.46. The van der Waals surface area contributed by atoms with Crippen molar-refractivity contribution in [2.45, 2.75) is 0 Å². The van der Waals surface area contributed by atoms with Crippen LogP contribution in [0.15, 0.2) is 0 Å². The van der Waals surface area contributed by atoms with Crippen LogP contribution in [0.5, 0.6) is 0 Å². The van der Waals surface area contributed by atoms with Gasteiger partial charge in [0, 0.05) is 0 Å². The summed E-state index contributed by atoms with van der Waals surface area (Å²) in [5, 5.41) is 6.07. The lowest BCUT2D eigenvalue weighted by Gasteiger charge is -1.72. The molecule has 0 radical (unpaired) electrons. The third kappa shape index (κ3) is 4.46. The minimum Gasteiger partial charge on any atom is -0.274 e. The van der Waals surface area contributed by atoms with E-state index >= 15 is 0 Å². The first kappa shape index (κ1) is 5.46. The molecule has 0 aliphatic carbocycles. The molecule has 0 aromatic heterocycles. The van der Waals surface area contributed by atoms with Crippen molar-refractivity contribution in [3.05, 3.63) is 0 Å². The number of rotatable bonds is 1. The monoisotopic (exact) mass is 111 g/mol. The van der Waals surface area contributed by atoms with Crippen molar-refractivity contribution in [3.8, 4) is 0 Å². The predicted molar refractivity (Wildman–Crippen MR) is 26.9 cm³/mol. The average molecular weight is 111 g/mol. The molecule has 0 aliphatic heterocycles. The fourth-order valence-electron chi connectivity index (χ4n) is 0. The molecule has 30 valence electrons. The number of nitrogens with one attached hydrogen (secondary N) is 1. The van der Waals surface area contributed by atoms with Crippen LogP contribution < -0.4 is 0 Å². The van der Waals surface area contributed by atoms with Gasteiger partial charge in [0.25, 0.3) is 0 Å². The standard InChI is InChI=1S/CH4FNP2/c2-1(3)5-4/h3,5H,4H2. The lowest BCUT2D eigenvalue weighted by atomic mass is 11.6. The summed E-state index contributed by atoms with van der Waals surface area (Å²) in [4.78, 5) is 0. The molecule has 2 atom stereocenters. The molecule has 0 saturated carbocycles. The SMILES string of the molecule is N=C(F)PP. The normalized spacial score (nSPS) is 10.0. The topological polar surface area (TPSA) is 23.9 Å². The van der Waals surface area contributed by atoms with Gasteiger partial charge in [-0.1, -0.05) is 0 Å². The van der Waals surface area contributed by atoms with Crippen LogP contribution in [0.25, 0.3) is 0 Å².